The fourth-order valence-electron chi connectivity index (χ4n) is 2.25. The smallest absolute Gasteiger partial charge is 0.317 e. The molecule has 2 rings (SSSR count). The van der Waals surface area contributed by atoms with Crippen LogP contribution in [0.25, 0.3) is 0 Å². The zero-order chi connectivity index (χ0) is 12.6. The molecule has 0 spiro atoms. The predicted octanol–water partition coefficient (Wildman–Crippen LogP) is 0.311. The van der Waals surface area contributed by atoms with E-state index in [1.807, 2.05) is 25.7 Å². The van der Waals surface area contributed by atoms with Crippen LogP contribution in [0.2, 0.25) is 0 Å². The largest absolute Gasteiger partial charge is 0.336 e. The van der Waals surface area contributed by atoms with Crippen molar-refractivity contribution in [3.8, 4) is 0 Å². The van der Waals surface area contributed by atoms with E-state index in [0.29, 0.717) is 13.1 Å². The van der Waals surface area contributed by atoms with E-state index in [1.165, 1.54) is 0 Å². The Labute approximate surface area is 102 Å². The van der Waals surface area contributed by atoms with Crippen molar-refractivity contribution in [1.82, 2.24) is 15.1 Å². The van der Waals surface area contributed by atoms with E-state index in [4.69, 9.17) is 0 Å². The molecule has 2 heterocycles. The molecule has 17 heavy (non-hydrogen) atoms. The molecule has 2 amide bonds. The molecule has 1 N–H and O–H groups in total. The van der Waals surface area contributed by atoms with Crippen LogP contribution in [0.5, 0.6) is 0 Å². The molecular formula is C12H21N3O2. The highest BCUT2D eigenvalue weighted by Crippen LogP contribution is 2.18. The van der Waals surface area contributed by atoms with Gasteiger partial charge in [0.2, 0.25) is 0 Å². The van der Waals surface area contributed by atoms with Gasteiger partial charge in [-0.25, -0.2) is 4.79 Å². The lowest BCUT2D eigenvalue weighted by molar-refractivity contribution is -0.127. The lowest BCUT2D eigenvalue weighted by Crippen LogP contribution is -2.53. The number of rotatable bonds is 2. The molecule has 0 radical (unpaired) electrons. The second-order valence-corrected chi connectivity index (χ2v) is 5.94. The van der Waals surface area contributed by atoms with E-state index < -0.39 is 0 Å². The molecule has 2 fully saturated rings. The van der Waals surface area contributed by atoms with Gasteiger partial charge < -0.3 is 10.2 Å². The number of fused-ring (bicyclic) bond motifs is 1. The second-order valence-electron chi connectivity index (χ2n) is 5.94. The van der Waals surface area contributed by atoms with Crippen molar-refractivity contribution in [2.45, 2.75) is 26.8 Å². The summed E-state index contributed by atoms with van der Waals surface area (Å²) in [6.45, 7) is 9.39. The SMILES string of the molecule is CC(C)(C)C(=O)CN1CCN2C(=O)NCC2C1. The van der Waals surface area contributed by atoms with Gasteiger partial charge in [-0.15, -0.1) is 0 Å². The summed E-state index contributed by atoms with van der Waals surface area (Å²) in [5.41, 5.74) is -0.277. The zero-order valence-electron chi connectivity index (χ0n) is 10.8. The molecule has 5 nitrogen and oxygen atoms in total. The molecule has 0 bridgehead atoms. The van der Waals surface area contributed by atoms with Gasteiger partial charge in [0.15, 0.2) is 5.78 Å². The number of nitrogens with zero attached hydrogens (tertiary/aromatic N) is 2. The minimum absolute atomic E-state index is 0.0387. The molecule has 0 aromatic rings. The Hall–Kier alpha value is -1.10. The van der Waals surface area contributed by atoms with E-state index in [1.54, 1.807) is 0 Å². The van der Waals surface area contributed by atoms with E-state index >= 15 is 0 Å². The monoisotopic (exact) mass is 239 g/mol. The Morgan fingerprint density at radius 2 is 2.12 bits per heavy atom. The molecule has 5 heteroatoms. The van der Waals surface area contributed by atoms with Crippen molar-refractivity contribution >= 4 is 11.8 Å². The molecule has 2 aliphatic heterocycles. The highest BCUT2D eigenvalue weighted by molar-refractivity contribution is 5.85. The van der Waals surface area contributed by atoms with Gasteiger partial charge in [0, 0.05) is 31.6 Å². The summed E-state index contributed by atoms with van der Waals surface area (Å²) in [6, 6.07) is 0.279. The van der Waals surface area contributed by atoms with Gasteiger partial charge in [-0.1, -0.05) is 20.8 Å². The molecule has 0 aliphatic carbocycles. The normalized spacial score (nSPS) is 25.7. The summed E-state index contributed by atoms with van der Waals surface area (Å²) in [5, 5.41) is 2.84. The van der Waals surface area contributed by atoms with Crippen molar-refractivity contribution in [2.75, 3.05) is 32.7 Å². The van der Waals surface area contributed by atoms with E-state index in [0.717, 1.165) is 19.6 Å². The van der Waals surface area contributed by atoms with Gasteiger partial charge in [-0.2, -0.15) is 0 Å². The first kappa shape index (κ1) is 12.4. The van der Waals surface area contributed by atoms with Crippen LogP contribution in [0.3, 0.4) is 0 Å². The van der Waals surface area contributed by atoms with Crippen molar-refractivity contribution in [1.29, 1.82) is 0 Å². The number of nitrogens with one attached hydrogen (secondary N) is 1. The predicted molar refractivity (Wildman–Crippen MR) is 64.8 cm³/mol. The number of Topliss-reactive ketones (excluding diaryl/α,β-unsaturated/α-hetero) is 1. The summed E-state index contributed by atoms with van der Waals surface area (Å²) < 4.78 is 0. The van der Waals surface area contributed by atoms with Crippen molar-refractivity contribution in [2.24, 2.45) is 5.41 Å². The molecule has 96 valence electrons. The highest BCUT2D eigenvalue weighted by atomic mass is 16.2. The molecule has 1 atom stereocenters. The number of urea groups is 1. The van der Waals surface area contributed by atoms with Gasteiger partial charge in [-0.05, 0) is 0 Å². The van der Waals surface area contributed by atoms with E-state index in [9.17, 15) is 9.59 Å². The van der Waals surface area contributed by atoms with Gasteiger partial charge in [0.25, 0.3) is 0 Å². The van der Waals surface area contributed by atoms with Gasteiger partial charge in [-0.3, -0.25) is 9.69 Å². The first-order valence-electron chi connectivity index (χ1n) is 6.18. The van der Waals surface area contributed by atoms with Crippen LogP contribution in [0, 0.1) is 5.41 Å². The number of carbonyl (C=O) groups is 2. The maximum Gasteiger partial charge on any atom is 0.317 e. The van der Waals surface area contributed by atoms with E-state index in [-0.39, 0.29) is 23.3 Å². The second kappa shape index (κ2) is 4.29. The van der Waals surface area contributed by atoms with Crippen LogP contribution in [-0.4, -0.2) is 60.4 Å². The van der Waals surface area contributed by atoms with Crippen molar-refractivity contribution in [3.05, 3.63) is 0 Å². The number of amides is 2. The Morgan fingerprint density at radius 3 is 2.76 bits per heavy atom. The zero-order valence-corrected chi connectivity index (χ0v) is 10.8. The first-order chi connectivity index (χ1) is 7.88. The highest BCUT2D eigenvalue weighted by Gasteiger charge is 2.36. The molecule has 0 aromatic carbocycles. The summed E-state index contributed by atoms with van der Waals surface area (Å²) >= 11 is 0. The molecular weight excluding hydrogens is 218 g/mol. The maximum atomic E-state index is 12.0. The first-order valence-corrected chi connectivity index (χ1v) is 6.18. The van der Waals surface area contributed by atoms with Crippen LogP contribution in [0.4, 0.5) is 4.79 Å². The van der Waals surface area contributed by atoms with Crippen LogP contribution in [-0.2, 0) is 4.79 Å². The van der Waals surface area contributed by atoms with Gasteiger partial charge in [0.05, 0.1) is 12.6 Å². The van der Waals surface area contributed by atoms with Gasteiger partial charge >= 0.3 is 6.03 Å². The van der Waals surface area contributed by atoms with Crippen LogP contribution in [0.1, 0.15) is 20.8 Å². The topological polar surface area (TPSA) is 52.7 Å². The average Bonchev–Trinajstić information content (AvgIpc) is 2.59. The lowest BCUT2D eigenvalue weighted by Gasteiger charge is -2.36. The fraction of sp³-hybridized carbons (Fsp3) is 0.833. The number of hydrogen-bond acceptors (Lipinski definition) is 3. The molecule has 0 aromatic heterocycles. The summed E-state index contributed by atoms with van der Waals surface area (Å²) in [7, 11) is 0. The number of ketones is 1. The van der Waals surface area contributed by atoms with Gasteiger partial charge in [0.1, 0.15) is 0 Å². The summed E-state index contributed by atoms with van der Waals surface area (Å²) in [4.78, 5) is 27.4. The average molecular weight is 239 g/mol. The third-order valence-corrected chi connectivity index (χ3v) is 3.52. The number of carbonyl (C=O) groups excluding carboxylic acids is 2. The maximum absolute atomic E-state index is 12.0. The number of hydrogen-bond donors (Lipinski definition) is 1. The Bertz CT molecular complexity index is 335. The van der Waals surface area contributed by atoms with Crippen LogP contribution >= 0.6 is 0 Å². The Morgan fingerprint density at radius 1 is 1.41 bits per heavy atom. The van der Waals surface area contributed by atoms with Crippen molar-refractivity contribution in [3.63, 3.8) is 0 Å². The molecule has 2 aliphatic rings. The van der Waals surface area contributed by atoms with E-state index in [2.05, 4.69) is 10.2 Å². The van der Waals surface area contributed by atoms with Crippen molar-refractivity contribution < 1.29 is 9.59 Å². The third kappa shape index (κ3) is 2.60. The van der Waals surface area contributed by atoms with Crippen LogP contribution < -0.4 is 5.32 Å². The minimum atomic E-state index is -0.277. The Kier molecular flexibility index (Phi) is 3.12. The van der Waals surface area contributed by atoms with Crippen LogP contribution in [0.15, 0.2) is 0 Å². The standard InChI is InChI=1S/C12H21N3O2/c1-12(2,3)10(16)8-14-4-5-15-9(7-14)6-13-11(15)17/h9H,4-8H2,1-3H3,(H,13,17). The third-order valence-electron chi connectivity index (χ3n) is 3.52. The molecule has 0 saturated carbocycles. The summed E-state index contributed by atoms with van der Waals surface area (Å²) in [6.07, 6.45) is 0. The fourth-order valence-corrected chi connectivity index (χ4v) is 2.25. The molecule has 2 saturated heterocycles. The Balaban J connectivity index is 1.90. The number of piperazine rings is 1. The molecule has 1 unspecified atom stereocenters. The summed E-state index contributed by atoms with van der Waals surface area (Å²) in [5.74, 6) is 0.267. The lowest BCUT2D eigenvalue weighted by atomic mass is 9.90. The minimum Gasteiger partial charge on any atom is -0.336 e. The quantitative estimate of drug-likeness (QED) is 0.754.